The van der Waals surface area contributed by atoms with E-state index in [9.17, 15) is 18.3 Å². The van der Waals surface area contributed by atoms with Crippen LogP contribution < -0.4 is 0 Å². The fraction of sp³-hybridized carbons (Fsp3) is 0.533. The Labute approximate surface area is 125 Å². The van der Waals surface area contributed by atoms with E-state index in [-0.39, 0.29) is 11.7 Å². The molecule has 2 unspecified atom stereocenters. The fourth-order valence-corrected chi connectivity index (χ4v) is 4.62. The molecule has 1 fully saturated rings. The molecule has 0 radical (unpaired) electrons. The lowest BCUT2D eigenvalue weighted by Gasteiger charge is -2.36. The van der Waals surface area contributed by atoms with Gasteiger partial charge in [-0.25, -0.2) is 8.42 Å². The summed E-state index contributed by atoms with van der Waals surface area (Å²) in [7, 11) is -3.56. The third kappa shape index (κ3) is 3.83. The molecule has 2 rings (SSSR count). The molecule has 0 bridgehead atoms. The predicted octanol–water partition coefficient (Wildman–Crippen LogP) is 1.74. The Morgan fingerprint density at radius 1 is 1.33 bits per heavy atom. The van der Waals surface area contributed by atoms with Gasteiger partial charge in [0.1, 0.15) is 6.04 Å². The molecule has 0 spiro atoms. The zero-order valence-electron chi connectivity index (χ0n) is 12.1. The van der Waals surface area contributed by atoms with Gasteiger partial charge in [-0.3, -0.25) is 4.79 Å². The van der Waals surface area contributed by atoms with Crippen molar-refractivity contribution >= 4 is 16.0 Å². The van der Waals surface area contributed by atoms with Crippen molar-refractivity contribution in [1.29, 1.82) is 0 Å². The summed E-state index contributed by atoms with van der Waals surface area (Å²) in [4.78, 5) is 11.4. The summed E-state index contributed by atoms with van der Waals surface area (Å²) in [6, 6.07) is 8.44. The first kappa shape index (κ1) is 16.0. The van der Waals surface area contributed by atoms with E-state index < -0.39 is 22.0 Å². The molecule has 1 aromatic rings. The smallest absolute Gasteiger partial charge is 0.322 e. The summed E-state index contributed by atoms with van der Waals surface area (Å²) in [5.74, 6) is -1.25. The molecule has 1 saturated heterocycles. The fourth-order valence-electron chi connectivity index (χ4n) is 2.84. The lowest BCUT2D eigenvalue weighted by atomic mass is 9.93. The average molecular weight is 311 g/mol. The average Bonchev–Trinajstić information content (AvgIpc) is 2.46. The van der Waals surface area contributed by atoms with Crippen molar-refractivity contribution in [2.45, 2.75) is 32.2 Å². The quantitative estimate of drug-likeness (QED) is 0.899. The number of aliphatic carboxylic acids is 1. The van der Waals surface area contributed by atoms with Crippen molar-refractivity contribution in [3.8, 4) is 0 Å². The van der Waals surface area contributed by atoms with Crippen molar-refractivity contribution < 1.29 is 18.3 Å². The van der Waals surface area contributed by atoms with E-state index in [4.69, 9.17) is 0 Å². The van der Waals surface area contributed by atoms with Crippen LogP contribution in [0.5, 0.6) is 0 Å². The monoisotopic (exact) mass is 311 g/mol. The van der Waals surface area contributed by atoms with E-state index in [0.717, 1.165) is 18.4 Å². The van der Waals surface area contributed by atoms with Gasteiger partial charge in [0, 0.05) is 6.54 Å². The first-order valence-corrected chi connectivity index (χ1v) is 8.79. The lowest BCUT2D eigenvalue weighted by Crippen LogP contribution is -2.52. The normalized spacial score (nSPS) is 23.9. The number of carboxylic acid groups (broad SMARTS) is 1. The third-order valence-electron chi connectivity index (χ3n) is 3.99. The summed E-state index contributed by atoms with van der Waals surface area (Å²) >= 11 is 0. The Morgan fingerprint density at radius 3 is 2.62 bits per heavy atom. The number of carbonyl (C=O) groups is 1. The van der Waals surface area contributed by atoms with E-state index in [2.05, 4.69) is 0 Å². The molecule has 1 aliphatic heterocycles. The van der Waals surface area contributed by atoms with Crippen LogP contribution in [-0.2, 0) is 21.2 Å². The number of nitrogens with zero attached hydrogens (tertiary/aromatic N) is 1. The summed E-state index contributed by atoms with van der Waals surface area (Å²) in [5.41, 5.74) is 0.943. The van der Waals surface area contributed by atoms with Gasteiger partial charge in [0.15, 0.2) is 0 Å². The highest BCUT2D eigenvalue weighted by atomic mass is 32.2. The molecule has 1 aromatic carbocycles. The van der Waals surface area contributed by atoms with Gasteiger partial charge in [0.2, 0.25) is 10.0 Å². The zero-order valence-corrected chi connectivity index (χ0v) is 12.9. The molecular weight excluding hydrogens is 290 g/mol. The molecule has 0 saturated carbocycles. The van der Waals surface area contributed by atoms with E-state index in [1.807, 2.05) is 30.3 Å². The second-order valence-corrected chi connectivity index (χ2v) is 7.61. The SMILES string of the molecule is CC1CCCN(S(=O)(=O)CCc2ccccc2)C1C(=O)O. The molecule has 21 heavy (non-hydrogen) atoms. The summed E-state index contributed by atoms with van der Waals surface area (Å²) in [6.07, 6.45) is 1.87. The van der Waals surface area contributed by atoms with Crippen LogP contribution in [0.3, 0.4) is 0 Å². The Balaban J connectivity index is 2.12. The number of hydrogen-bond acceptors (Lipinski definition) is 3. The van der Waals surface area contributed by atoms with Crippen molar-refractivity contribution in [3.63, 3.8) is 0 Å². The van der Waals surface area contributed by atoms with Crippen LogP contribution in [0, 0.1) is 5.92 Å². The third-order valence-corrected chi connectivity index (χ3v) is 5.83. The van der Waals surface area contributed by atoms with Gasteiger partial charge in [-0.15, -0.1) is 0 Å². The Bertz CT molecular complexity index is 585. The van der Waals surface area contributed by atoms with Crippen LogP contribution in [0.1, 0.15) is 25.3 Å². The van der Waals surface area contributed by atoms with E-state index >= 15 is 0 Å². The molecule has 0 amide bonds. The van der Waals surface area contributed by atoms with Gasteiger partial charge in [-0.1, -0.05) is 37.3 Å². The van der Waals surface area contributed by atoms with Gasteiger partial charge >= 0.3 is 5.97 Å². The Morgan fingerprint density at radius 2 is 2.00 bits per heavy atom. The molecule has 1 heterocycles. The number of aryl methyl sites for hydroxylation is 1. The number of piperidine rings is 1. The summed E-state index contributed by atoms with van der Waals surface area (Å²) in [5, 5.41) is 9.32. The number of carboxylic acids is 1. The van der Waals surface area contributed by atoms with Gasteiger partial charge < -0.3 is 5.11 Å². The summed E-state index contributed by atoms with van der Waals surface area (Å²) in [6.45, 7) is 2.11. The van der Waals surface area contributed by atoms with Crippen LogP contribution in [-0.4, -0.2) is 42.1 Å². The maximum Gasteiger partial charge on any atom is 0.322 e. The standard InChI is InChI=1S/C15H21NO4S/c1-12-6-5-10-16(14(12)15(17)18)21(19,20)11-9-13-7-3-2-4-8-13/h2-4,7-8,12,14H,5-6,9-11H2,1H3,(H,17,18). The minimum absolute atomic E-state index is 0.0481. The van der Waals surface area contributed by atoms with Crippen LogP contribution in [0.25, 0.3) is 0 Å². The molecule has 0 aromatic heterocycles. The van der Waals surface area contributed by atoms with Crippen molar-refractivity contribution in [2.75, 3.05) is 12.3 Å². The highest BCUT2D eigenvalue weighted by Crippen LogP contribution is 2.26. The number of benzene rings is 1. The number of rotatable bonds is 5. The second kappa shape index (κ2) is 6.58. The van der Waals surface area contributed by atoms with Gasteiger partial charge in [0.25, 0.3) is 0 Å². The van der Waals surface area contributed by atoms with Crippen molar-refractivity contribution in [2.24, 2.45) is 5.92 Å². The van der Waals surface area contributed by atoms with Crippen LogP contribution in [0.4, 0.5) is 0 Å². The maximum absolute atomic E-state index is 12.5. The first-order chi connectivity index (χ1) is 9.92. The first-order valence-electron chi connectivity index (χ1n) is 7.18. The molecule has 2 atom stereocenters. The van der Waals surface area contributed by atoms with Gasteiger partial charge in [-0.2, -0.15) is 4.31 Å². The minimum atomic E-state index is -3.56. The molecule has 0 aliphatic carbocycles. The Kier molecular flexibility index (Phi) is 5.00. The second-order valence-electron chi connectivity index (χ2n) is 5.56. The van der Waals surface area contributed by atoms with Gasteiger partial charge in [-0.05, 0) is 30.7 Å². The molecule has 116 valence electrons. The maximum atomic E-state index is 12.5. The number of hydrogen-bond donors (Lipinski definition) is 1. The predicted molar refractivity (Wildman–Crippen MR) is 80.5 cm³/mol. The Hall–Kier alpha value is -1.40. The van der Waals surface area contributed by atoms with Crippen LogP contribution in [0.15, 0.2) is 30.3 Å². The lowest BCUT2D eigenvalue weighted by molar-refractivity contribution is -0.144. The highest BCUT2D eigenvalue weighted by Gasteiger charge is 2.40. The molecule has 5 nitrogen and oxygen atoms in total. The highest BCUT2D eigenvalue weighted by molar-refractivity contribution is 7.89. The largest absolute Gasteiger partial charge is 0.480 e. The van der Waals surface area contributed by atoms with E-state index in [1.165, 1.54) is 4.31 Å². The van der Waals surface area contributed by atoms with E-state index in [1.54, 1.807) is 6.92 Å². The summed E-state index contributed by atoms with van der Waals surface area (Å²) < 4.78 is 26.2. The zero-order chi connectivity index (χ0) is 15.5. The van der Waals surface area contributed by atoms with Crippen LogP contribution in [0.2, 0.25) is 0 Å². The van der Waals surface area contributed by atoms with E-state index in [0.29, 0.717) is 13.0 Å². The molecule has 1 N–H and O–H groups in total. The molecular formula is C15H21NO4S. The van der Waals surface area contributed by atoms with Crippen molar-refractivity contribution in [3.05, 3.63) is 35.9 Å². The van der Waals surface area contributed by atoms with Gasteiger partial charge in [0.05, 0.1) is 5.75 Å². The van der Waals surface area contributed by atoms with Crippen molar-refractivity contribution in [1.82, 2.24) is 4.31 Å². The molecule has 1 aliphatic rings. The number of sulfonamides is 1. The van der Waals surface area contributed by atoms with Crippen LogP contribution >= 0.6 is 0 Å². The molecule has 6 heteroatoms. The topological polar surface area (TPSA) is 74.7 Å². The minimum Gasteiger partial charge on any atom is -0.480 e.